The Morgan fingerprint density at radius 1 is 1.32 bits per heavy atom. The van der Waals surface area contributed by atoms with Crippen LogP contribution < -0.4 is 5.32 Å². The van der Waals surface area contributed by atoms with Crippen molar-refractivity contribution in [1.29, 1.82) is 5.26 Å². The molecule has 0 saturated heterocycles. The Kier molecular flexibility index (Phi) is 6.82. The summed E-state index contributed by atoms with van der Waals surface area (Å²) in [4.78, 5) is 0. The van der Waals surface area contributed by atoms with Gasteiger partial charge in [0.2, 0.25) is 0 Å². The molecule has 0 radical (unpaired) electrons. The third-order valence-electron chi connectivity index (χ3n) is 3.62. The van der Waals surface area contributed by atoms with Crippen molar-refractivity contribution in [3.05, 3.63) is 0 Å². The van der Waals surface area contributed by atoms with Gasteiger partial charge >= 0.3 is 0 Å². The highest BCUT2D eigenvalue weighted by atomic mass is 16.5. The second-order valence-electron chi connectivity index (χ2n) is 6.63. The zero-order valence-electron chi connectivity index (χ0n) is 13.0. The van der Waals surface area contributed by atoms with Gasteiger partial charge in [0.25, 0.3) is 0 Å². The largest absolute Gasteiger partial charge is 0.379 e. The molecule has 0 bridgehead atoms. The molecule has 2 unspecified atom stereocenters. The maximum Gasteiger partial charge on any atom is 0.104 e. The van der Waals surface area contributed by atoms with Crippen LogP contribution in [0.2, 0.25) is 0 Å². The van der Waals surface area contributed by atoms with Crippen LogP contribution >= 0.6 is 0 Å². The Balaban J connectivity index is 2.07. The standard InChI is InChI=1S/C16H30N2O/c1-13(2)11-14(3)19-10-6-5-9-16(4,12-17)18-15-7-8-15/h13-15,18H,5-11H2,1-4H3. The number of hydrogen-bond acceptors (Lipinski definition) is 3. The first-order valence-corrected chi connectivity index (χ1v) is 7.76. The van der Waals surface area contributed by atoms with E-state index in [4.69, 9.17) is 4.74 Å². The maximum atomic E-state index is 9.26. The molecule has 0 aliphatic heterocycles. The van der Waals surface area contributed by atoms with Crippen LogP contribution in [-0.4, -0.2) is 24.3 Å². The molecule has 1 aliphatic carbocycles. The maximum absolute atomic E-state index is 9.26. The molecule has 0 heterocycles. The van der Waals surface area contributed by atoms with Crippen LogP contribution in [0.25, 0.3) is 0 Å². The summed E-state index contributed by atoms with van der Waals surface area (Å²) in [5.74, 6) is 0.694. The summed E-state index contributed by atoms with van der Waals surface area (Å²) >= 11 is 0. The number of unbranched alkanes of at least 4 members (excludes halogenated alkanes) is 1. The molecule has 0 amide bonds. The first-order chi connectivity index (χ1) is 8.95. The fourth-order valence-electron chi connectivity index (χ4n) is 2.44. The first-order valence-electron chi connectivity index (χ1n) is 7.76. The van der Waals surface area contributed by atoms with E-state index in [0.717, 1.165) is 32.3 Å². The number of ether oxygens (including phenoxy) is 1. The first kappa shape index (κ1) is 16.5. The lowest BCUT2D eigenvalue weighted by Crippen LogP contribution is -2.42. The molecule has 1 N–H and O–H groups in total. The molecule has 1 rings (SSSR count). The average Bonchev–Trinajstić information content (AvgIpc) is 3.11. The summed E-state index contributed by atoms with van der Waals surface area (Å²) in [6.45, 7) is 9.43. The monoisotopic (exact) mass is 266 g/mol. The van der Waals surface area contributed by atoms with Gasteiger partial charge in [-0.15, -0.1) is 0 Å². The molecule has 3 nitrogen and oxygen atoms in total. The molecule has 0 aromatic carbocycles. The normalized spacial score (nSPS) is 20.0. The van der Waals surface area contributed by atoms with E-state index < -0.39 is 0 Å². The summed E-state index contributed by atoms with van der Waals surface area (Å²) in [5.41, 5.74) is -0.343. The van der Waals surface area contributed by atoms with Gasteiger partial charge in [-0.05, 0) is 58.3 Å². The fraction of sp³-hybridized carbons (Fsp3) is 0.938. The molecule has 2 atom stereocenters. The van der Waals surface area contributed by atoms with Crippen LogP contribution in [0.5, 0.6) is 0 Å². The van der Waals surface area contributed by atoms with E-state index in [-0.39, 0.29) is 5.54 Å². The molecule has 1 saturated carbocycles. The molecular formula is C16H30N2O. The molecular weight excluding hydrogens is 236 g/mol. The Morgan fingerprint density at radius 2 is 2.00 bits per heavy atom. The van der Waals surface area contributed by atoms with Crippen molar-refractivity contribution in [2.24, 2.45) is 5.92 Å². The summed E-state index contributed by atoms with van der Waals surface area (Å²) in [6.07, 6.45) is 6.96. The van der Waals surface area contributed by atoms with Gasteiger partial charge in [-0.1, -0.05) is 13.8 Å². The molecule has 0 aromatic heterocycles. The van der Waals surface area contributed by atoms with E-state index in [0.29, 0.717) is 18.1 Å². The molecule has 110 valence electrons. The smallest absolute Gasteiger partial charge is 0.104 e. The van der Waals surface area contributed by atoms with Crippen molar-refractivity contribution in [1.82, 2.24) is 5.32 Å². The van der Waals surface area contributed by atoms with Crippen LogP contribution in [0.15, 0.2) is 0 Å². The highest BCUT2D eigenvalue weighted by Crippen LogP contribution is 2.24. The van der Waals surface area contributed by atoms with E-state index in [1.807, 2.05) is 6.92 Å². The lowest BCUT2D eigenvalue weighted by atomic mass is 9.96. The summed E-state index contributed by atoms with van der Waals surface area (Å²) < 4.78 is 5.79. The second-order valence-corrected chi connectivity index (χ2v) is 6.63. The minimum absolute atomic E-state index is 0.343. The Bertz CT molecular complexity index is 294. The summed E-state index contributed by atoms with van der Waals surface area (Å²) in [5, 5.41) is 12.7. The van der Waals surface area contributed by atoms with Crippen molar-refractivity contribution < 1.29 is 4.74 Å². The zero-order valence-corrected chi connectivity index (χ0v) is 13.0. The molecule has 19 heavy (non-hydrogen) atoms. The molecule has 1 aliphatic rings. The van der Waals surface area contributed by atoms with Gasteiger partial charge in [0.15, 0.2) is 0 Å². The predicted molar refractivity (Wildman–Crippen MR) is 78.9 cm³/mol. The lowest BCUT2D eigenvalue weighted by Gasteiger charge is -2.23. The van der Waals surface area contributed by atoms with Gasteiger partial charge in [0, 0.05) is 12.6 Å². The van der Waals surface area contributed by atoms with Crippen LogP contribution in [0, 0.1) is 17.2 Å². The van der Waals surface area contributed by atoms with E-state index in [9.17, 15) is 5.26 Å². The highest BCUT2D eigenvalue weighted by Gasteiger charge is 2.31. The van der Waals surface area contributed by atoms with Crippen molar-refractivity contribution in [3.8, 4) is 6.07 Å². The lowest BCUT2D eigenvalue weighted by molar-refractivity contribution is 0.0489. The SMILES string of the molecule is CC(C)CC(C)OCCCCC(C)(C#N)NC1CC1. The van der Waals surface area contributed by atoms with Gasteiger partial charge in [-0.3, -0.25) is 5.32 Å². The number of nitrogens with zero attached hydrogens (tertiary/aromatic N) is 1. The summed E-state index contributed by atoms with van der Waals surface area (Å²) in [7, 11) is 0. The van der Waals surface area contributed by atoms with Crippen molar-refractivity contribution in [2.45, 2.75) is 83.9 Å². The topological polar surface area (TPSA) is 45.0 Å². The highest BCUT2D eigenvalue weighted by molar-refractivity contribution is 5.06. The average molecular weight is 266 g/mol. The van der Waals surface area contributed by atoms with E-state index in [2.05, 4.69) is 32.2 Å². The quantitative estimate of drug-likeness (QED) is 0.614. The minimum atomic E-state index is -0.343. The Morgan fingerprint density at radius 3 is 2.53 bits per heavy atom. The Labute approximate surface area is 118 Å². The van der Waals surface area contributed by atoms with Crippen LogP contribution in [0.1, 0.15) is 66.2 Å². The van der Waals surface area contributed by atoms with E-state index in [1.54, 1.807) is 0 Å². The fourth-order valence-corrected chi connectivity index (χ4v) is 2.44. The van der Waals surface area contributed by atoms with E-state index in [1.165, 1.54) is 12.8 Å². The van der Waals surface area contributed by atoms with Gasteiger partial charge in [0.05, 0.1) is 12.2 Å². The third kappa shape index (κ3) is 7.54. The van der Waals surface area contributed by atoms with Gasteiger partial charge in [0.1, 0.15) is 5.54 Å². The van der Waals surface area contributed by atoms with Gasteiger partial charge < -0.3 is 4.74 Å². The molecule has 3 heteroatoms. The number of nitriles is 1. The molecule has 0 spiro atoms. The second kappa shape index (κ2) is 7.87. The van der Waals surface area contributed by atoms with Crippen molar-refractivity contribution >= 4 is 0 Å². The van der Waals surface area contributed by atoms with Gasteiger partial charge in [-0.25, -0.2) is 0 Å². The van der Waals surface area contributed by atoms with Crippen LogP contribution in [-0.2, 0) is 4.74 Å². The predicted octanol–water partition coefficient (Wildman–Crippen LogP) is 3.64. The van der Waals surface area contributed by atoms with Crippen molar-refractivity contribution in [2.75, 3.05) is 6.61 Å². The van der Waals surface area contributed by atoms with Crippen LogP contribution in [0.4, 0.5) is 0 Å². The zero-order chi connectivity index (χ0) is 14.3. The van der Waals surface area contributed by atoms with Gasteiger partial charge in [-0.2, -0.15) is 5.26 Å². The Hall–Kier alpha value is -0.590. The number of nitrogens with one attached hydrogen (secondary N) is 1. The molecule has 1 fully saturated rings. The number of rotatable bonds is 10. The van der Waals surface area contributed by atoms with Crippen molar-refractivity contribution in [3.63, 3.8) is 0 Å². The summed E-state index contributed by atoms with van der Waals surface area (Å²) in [6, 6.07) is 3.01. The van der Waals surface area contributed by atoms with Crippen LogP contribution in [0.3, 0.4) is 0 Å². The number of hydrogen-bond donors (Lipinski definition) is 1. The third-order valence-corrected chi connectivity index (χ3v) is 3.62. The minimum Gasteiger partial charge on any atom is -0.379 e. The van der Waals surface area contributed by atoms with E-state index >= 15 is 0 Å². The molecule has 0 aromatic rings.